The fourth-order valence-electron chi connectivity index (χ4n) is 1.56. The van der Waals surface area contributed by atoms with Crippen molar-refractivity contribution in [2.24, 2.45) is 0 Å². The number of hydrogen-bond donors (Lipinski definition) is 1. The smallest absolute Gasteiger partial charge is 0.356 e. The van der Waals surface area contributed by atoms with E-state index in [9.17, 15) is 4.79 Å². The van der Waals surface area contributed by atoms with E-state index in [1.807, 2.05) is 24.3 Å². The SMILES string of the molecule is COC(=O)c1ccc(N)c(OCc2cccc(Br)c2)n1. The lowest BCUT2D eigenvalue weighted by Crippen LogP contribution is -2.08. The Morgan fingerprint density at radius 1 is 1.35 bits per heavy atom. The highest BCUT2D eigenvalue weighted by Crippen LogP contribution is 2.21. The van der Waals surface area contributed by atoms with E-state index in [-0.39, 0.29) is 11.6 Å². The van der Waals surface area contributed by atoms with Crippen LogP contribution < -0.4 is 10.5 Å². The highest BCUT2D eigenvalue weighted by atomic mass is 79.9. The first kappa shape index (κ1) is 14.3. The molecule has 0 saturated heterocycles. The number of esters is 1. The normalized spacial score (nSPS) is 10.1. The lowest BCUT2D eigenvalue weighted by atomic mass is 10.2. The van der Waals surface area contributed by atoms with Gasteiger partial charge < -0.3 is 15.2 Å². The van der Waals surface area contributed by atoms with Gasteiger partial charge in [0.2, 0.25) is 5.88 Å². The van der Waals surface area contributed by atoms with E-state index in [2.05, 4.69) is 25.7 Å². The van der Waals surface area contributed by atoms with Crippen LogP contribution >= 0.6 is 15.9 Å². The zero-order valence-electron chi connectivity index (χ0n) is 10.8. The number of ether oxygens (including phenoxy) is 2. The molecule has 0 unspecified atom stereocenters. The Labute approximate surface area is 124 Å². The van der Waals surface area contributed by atoms with E-state index in [0.29, 0.717) is 12.3 Å². The minimum Gasteiger partial charge on any atom is -0.471 e. The van der Waals surface area contributed by atoms with Crippen molar-refractivity contribution in [3.05, 3.63) is 52.1 Å². The number of rotatable bonds is 4. The van der Waals surface area contributed by atoms with Crippen molar-refractivity contribution in [2.45, 2.75) is 6.61 Å². The maximum Gasteiger partial charge on any atom is 0.356 e. The number of nitrogen functional groups attached to an aromatic ring is 1. The number of aromatic nitrogens is 1. The molecule has 104 valence electrons. The Morgan fingerprint density at radius 2 is 2.15 bits per heavy atom. The van der Waals surface area contributed by atoms with E-state index >= 15 is 0 Å². The molecule has 0 aliphatic rings. The summed E-state index contributed by atoms with van der Waals surface area (Å²) in [6, 6.07) is 10.7. The van der Waals surface area contributed by atoms with Gasteiger partial charge in [-0.05, 0) is 29.8 Å². The largest absolute Gasteiger partial charge is 0.471 e. The van der Waals surface area contributed by atoms with Crippen LogP contribution in [0.3, 0.4) is 0 Å². The topological polar surface area (TPSA) is 74.4 Å². The molecule has 0 radical (unpaired) electrons. The molecule has 20 heavy (non-hydrogen) atoms. The van der Waals surface area contributed by atoms with Gasteiger partial charge in [0.15, 0.2) is 5.69 Å². The Balaban J connectivity index is 2.14. The zero-order chi connectivity index (χ0) is 14.5. The Hall–Kier alpha value is -2.08. The van der Waals surface area contributed by atoms with Crippen LogP contribution in [-0.4, -0.2) is 18.1 Å². The van der Waals surface area contributed by atoms with Crippen molar-refractivity contribution in [1.82, 2.24) is 4.98 Å². The summed E-state index contributed by atoms with van der Waals surface area (Å²) in [6.07, 6.45) is 0. The molecule has 0 fully saturated rings. The number of hydrogen-bond acceptors (Lipinski definition) is 5. The Morgan fingerprint density at radius 3 is 2.85 bits per heavy atom. The summed E-state index contributed by atoms with van der Waals surface area (Å²) in [6.45, 7) is 0.307. The van der Waals surface area contributed by atoms with Gasteiger partial charge in [-0.3, -0.25) is 0 Å². The van der Waals surface area contributed by atoms with Gasteiger partial charge in [-0.15, -0.1) is 0 Å². The van der Waals surface area contributed by atoms with Gasteiger partial charge in [0.1, 0.15) is 6.61 Å². The second kappa shape index (κ2) is 6.38. The highest BCUT2D eigenvalue weighted by Gasteiger charge is 2.11. The monoisotopic (exact) mass is 336 g/mol. The summed E-state index contributed by atoms with van der Waals surface area (Å²) in [4.78, 5) is 15.5. The standard InChI is InChI=1S/C14H13BrN2O3/c1-19-14(18)12-6-5-11(16)13(17-12)20-8-9-3-2-4-10(15)7-9/h2-7H,8,16H2,1H3. The third-order valence-electron chi connectivity index (χ3n) is 2.55. The van der Waals surface area contributed by atoms with E-state index in [1.54, 1.807) is 6.07 Å². The molecule has 6 heteroatoms. The number of carbonyl (C=O) groups is 1. The highest BCUT2D eigenvalue weighted by molar-refractivity contribution is 9.10. The number of pyridine rings is 1. The van der Waals surface area contributed by atoms with Gasteiger partial charge in [0.25, 0.3) is 0 Å². The summed E-state index contributed by atoms with van der Waals surface area (Å²) in [5.74, 6) is -0.315. The number of nitrogens with zero attached hydrogens (tertiary/aromatic N) is 1. The maximum atomic E-state index is 11.4. The average Bonchev–Trinajstić information content (AvgIpc) is 2.45. The molecular formula is C14H13BrN2O3. The molecule has 0 atom stereocenters. The summed E-state index contributed by atoms with van der Waals surface area (Å²) >= 11 is 3.39. The lowest BCUT2D eigenvalue weighted by Gasteiger charge is -2.09. The molecule has 0 bridgehead atoms. The van der Waals surface area contributed by atoms with Crippen molar-refractivity contribution >= 4 is 27.6 Å². The first-order valence-electron chi connectivity index (χ1n) is 5.82. The number of halogens is 1. The molecule has 0 spiro atoms. The summed E-state index contributed by atoms with van der Waals surface area (Å²) in [7, 11) is 1.29. The second-order valence-corrected chi connectivity index (χ2v) is 4.92. The van der Waals surface area contributed by atoms with Gasteiger partial charge in [-0.25, -0.2) is 9.78 Å². The second-order valence-electron chi connectivity index (χ2n) is 4.00. The number of anilines is 1. The molecule has 1 heterocycles. The molecule has 0 aliphatic carbocycles. The number of benzene rings is 1. The number of nitrogens with two attached hydrogens (primary N) is 1. The first-order valence-corrected chi connectivity index (χ1v) is 6.61. The van der Waals surface area contributed by atoms with Crippen LogP contribution in [-0.2, 0) is 11.3 Å². The van der Waals surface area contributed by atoms with Crippen LogP contribution in [0.1, 0.15) is 16.1 Å². The summed E-state index contributed by atoms with van der Waals surface area (Å²) in [5.41, 5.74) is 7.26. The third kappa shape index (κ3) is 3.48. The predicted molar refractivity (Wildman–Crippen MR) is 78.5 cm³/mol. The minimum absolute atomic E-state index is 0.158. The fourth-order valence-corrected chi connectivity index (χ4v) is 2.01. The van der Waals surface area contributed by atoms with Gasteiger partial charge >= 0.3 is 5.97 Å². The third-order valence-corrected chi connectivity index (χ3v) is 3.04. The first-order chi connectivity index (χ1) is 9.60. The van der Waals surface area contributed by atoms with Crippen LogP contribution in [0.25, 0.3) is 0 Å². The Kier molecular flexibility index (Phi) is 4.57. The predicted octanol–water partition coefficient (Wildman–Crippen LogP) is 2.79. The van der Waals surface area contributed by atoms with Crippen LogP contribution in [0.2, 0.25) is 0 Å². The maximum absolute atomic E-state index is 11.4. The molecule has 2 aromatic rings. The van der Waals surface area contributed by atoms with E-state index in [1.165, 1.54) is 13.2 Å². The van der Waals surface area contributed by atoms with Crippen LogP contribution in [0, 0.1) is 0 Å². The van der Waals surface area contributed by atoms with E-state index < -0.39 is 5.97 Å². The molecule has 1 aromatic heterocycles. The van der Waals surface area contributed by atoms with Crippen molar-refractivity contribution < 1.29 is 14.3 Å². The molecule has 0 saturated carbocycles. The van der Waals surface area contributed by atoms with Crippen molar-refractivity contribution in [3.8, 4) is 5.88 Å². The molecule has 2 rings (SSSR count). The lowest BCUT2D eigenvalue weighted by molar-refractivity contribution is 0.0592. The number of methoxy groups -OCH3 is 1. The van der Waals surface area contributed by atoms with E-state index in [0.717, 1.165) is 10.0 Å². The minimum atomic E-state index is -0.530. The summed E-state index contributed by atoms with van der Waals surface area (Å²) in [5, 5.41) is 0. The van der Waals surface area contributed by atoms with Crippen LogP contribution in [0.15, 0.2) is 40.9 Å². The van der Waals surface area contributed by atoms with Crippen molar-refractivity contribution in [2.75, 3.05) is 12.8 Å². The molecule has 1 aromatic carbocycles. The average molecular weight is 337 g/mol. The fraction of sp³-hybridized carbons (Fsp3) is 0.143. The van der Waals surface area contributed by atoms with Gasteiger partial charge in [0, 0.05) is 4.47 Å². The van der Waals surface area contributed by atoms with Gasteiger partial charge in [-0.1, -0.05) is 28.1 Å². The molecule has 0 aliphatic heterocycles. The molecule has 2 N–H and O–H groups in total. The van der Waals surface area contributed by atoms with Crippen LogP contribution in [0.5, 0.6) is 5.88 Å². The molecule has 5 nitrogen and oxygen atoms in total. The van der Waals surface area contributed by atoms with Crippen molar-refractivity contribution in [3.63, 3.8) is 0 Å². The van der Waals surface area contributed by atoms with E-state index in [4.69, 9.17) is 10.5 Å². The van der Waals surface area contributed by atoms with Gasteiger partial charge in [0.05, 0.1) is 12.8 Å². The summed E-state index contributed by atoms with van der Waals surface area (Å²) < 4.78 is 11.1. The molecule has 0 amide bonds. The molecular weight excluding hydrogens is 324 g/mol. The van der Waals surface area contributed by atoms with Crippen molar-refractivity contribution in [1.29, 1.82) is 0 Å². The zero-order valence-corrected chi connectivity index (χ0v) is 12.4. The quantitative estimate of drug-likeness (QED) is 0.869. The number of carbonyl (C=O) groups excluding carboxylic acids is 1. The Bertz CT molecular complexity index is 632. The van der Waals surface area contributed by atoms with Gasteiger partial charge in [-0.2, -0.15) is 0 Å². The van der Waals surface area contributed by atoms with Crippen LogP contribution in [0.4, 0.5) is 5.69 Å².